The Bertz CT molecular complexity index is 1480. The van der Waals surface area contributed by atoms with Crippen molar-refractivity contribution in [2.45, 2.75) is 75.9 Å². The van der Waals surface area contributed by atoms with Crippen LogP contribution in [-0.4, -0.2) is 43.8 Å². The molecule has 1 fully saturated rings. The second-order valence-corrected chi connectivity index (χ2v) is 13.2. The van der Waals surface area contributed by atoms with Crippen molar-refractivity contribution >= 4 is 50.7 Å². The lowest BCUT2D eigenvalue weighted by atomic mass is 10.1. The number of halogens is 2. The molecule has 3 aromatic rings. The molecule has 0 spiro atoms. The largest absolute Gasteiger partial charge is 0.352 e. The van der Waals surface area contributed by atoms with E-state index in [9.17, 15) is 18.0 Å². The lowest BCUT2D eigenvalue weighted by molar-refractivity contribution is -0.140. The normalized spacial score (nSPS) is 14.4. The Labute approximate surface area is 258 Å². The van der Waals surface area contributed by atoms with Crippen molar-refractivity contribution in [2.24, 2.45) is 0 Å². The van der Waals surface area contributed by atoms with Gasteiger partial charge in [0.1, 0.15) is 12.6 Å². The van der Waals surface area contributed by atoms with E-state index in [1.54, 1.807) is 48.5 Å². The third-order valence-corrected chi connectivity index (χ3v) is 10.2. The first-order chi connectivity index (χ1) is 20.1. The fourth-order valence-electron chi connectivity index (χ4n) is 5.27. The summed E-state index contributed by atoms with van der Waals surface area (Å²) < 4.78 is 29.0. The van der Waals surface area contributed by atoms with E-state index in [4.69, 9.17) is 23.2 Å². The number of anilines is 1. The van der Waals surface area contributed by atoms with Gasteiger partial charge in [-0.1, -0.05) is 86.3 Å². The summed E-state index contributed by atoms with van der Waals surface area (Å²) in [6, 6.07) is 19.5. The van der Waals surface area contributed by atoms with Crippen LogP contribution >= 0.6 is 23.2 Å². The molecule has 3 aromatic carbocycles. The molecule has 1 N–H and O–H groups in total. The van der Waals surface area contributed by atoms with E-state index >= 15 is 0 Å². The molecule has 224 valence electrons. The highest BCUT2D eigenvalue weighted by Gasteiger charge is 2.34. The molecule has 0 radical (unpaired) electrons. The van der Waals surface area contributed by atoms with Crippen LogP contribution < -0.4 is 9.62 Å². The molecule has 2 amide bonds. The first kappa shape index (κ1) is 31.9. The second kappa shape index (κ2) is 14.4. The maximum Gasteiger partial charge on any atom is 0.264 e. The standard InChI is InChI=1S/C32H37Cl2N3O4S/c1-3-23-14-17-26(18-15-23)37(42(40,41)27-12-6-5-7-13-27)22-31(38)36(21-24-16-19-28(33)29(34)20-24)30(4-2)32(39)35-25-10-8-9-11-25/h5-7,12-20,25,30H,3-4,8-11,21-22H2,1-2H3,(H,35,39)/t30-/m0/s1. The molecule has 0 bridgehead atoms. The Hall–Kier alpha value is -3.07. The van der Waals surface area contributed by atoms with Crippen molar-refractivity contribution in [3.8, 4) is 0 Å². The van der Waals surface area contributed by atoms with Crippen LogP contribution in [0.15, 0.2) is 77.7 Å². The molecular weight excluding hydrogens is 593 g/mol. The van der Waals surface area contributed by atoms with Gasteiger partial charge in [0.2, 0.25) is 11.8 Å². The molecule has 42 heavy (non-hydrogen) atoms. The first-order valence-corrected chi connectivity index (χ1v) is 16.5. The molecule has 0 heterocycles. The van der Waals surface area contributed by atoms with Crippen molar-refractivity contribution in [1.29, 1.82) is 0 Å². The Morgan fingerprint density at radius 2 is 1.55 bits per heavy atom. The predicted octanol–water partition coefficient (Wildman–Crippen LogP) is 6.62. The maximum absolute atomic E-state index is 14.2. The summed E-state index contributed by atoms with van der Waals surface area (Å²) in [5.74, 6) is -0.754. The molecule has 4 rings (SSSR count). The van der Waals surface area contributed by atoms with Crippen LogP contribution in [0, 0.1) is 0 Å². The van der Waals surface area contributed by atoms with E-state index in [0.29, 0.717) is 27.7 Å². The van der Waals surface area contributed by atoms with Gasteiger partial charge in [-0.3, -0.25) is 13.9 Å². The molecule has 0 unspecified atom stereocenters. The van der Waals surface area contributed by atoms with Gasteiger partial charge < -0.3 is 10.2 Å². The molecule has 0 aromatic heterocycles. The number of sulfonamides is 1. The van der Waals surface area contributed by atoms with Gasteiger partial charge >= 0.3 is 0 Å². The number of hydrogen-bond acceptors (Lipinski definition) is 4. The van der Waals surface area contributed by atoms with Crippen LogP contribution in [0.25, 0.3) is 0 Å². The van der Waals surface area contributed by atoms with Crippen LogP contribution in [0.1, 0.15) is 57.1 Å². The van der Waals surface area contributed by atoms with Gasteiger partial charge in [0.15, 0.2) is 0 Å². The van der Waals surface area contributed by atoms with Crippen LogP contribution in [0.2, 0.25) is 10.0 Å². The second-order valence-electron chi connectivity index (χ2n) is 10.5. The molecule has 1 atom stereocenters. The number of hydrogen-bond donors (Lipinski definition) is 1. The highest BCUT2D eigenvalue weighted by Crippen LogP contribution is 2.27. The van der Waals surface area contributed by atoms with Crippen molar-refractivity contribution in [3.05, 3.63) is 94.0 Å². The molecule has 7 nitrogen and oxygen atoms in total. The third kappa shape index (κ3) is 7.65. The third-order valence-electron chi connectivity index (χ3n) is 7.67. The average Bonchev–Trinajstić information content (AvgIpc) is 3.51. The first-order valence-electron chi connectivity index (χ1n) is 14.3. The smallest absolute Gasteiger partial charge is 0.264 e. The molecule has 10 heteroatoms. The molecule has 1 aliphatic carbocycles. The zero-order valence-corrected chi connectivity index (χ0v) is 26.3. The van der Waals surface area contributed by atoms with Gasteiger partial charge in [0.05, 0.1) is 20.6 Å². The number of rotatable bonds is 12. The van der Waals surface area contributed by atoms with Crippen molar-refractivity contribution in [2.75, 3.05) is 10.8 Å². The van der Waals surface area contributed by atoms with Gasteiger partial charge in [0, 0.05) is 12.6 Å². The topological polar surface area (TPSA) is 86.8 Å². The summed E-state index contributed by atoms with van der Waals surface area (Å²) in [6.45, 7) is 3.42. The highest BCUT2D eigenvalue weighted by atomic mass is 35.5. The Kier molecular flexibility index (Phi) is 10.9. The summed E-state index contributed by atoms with van der Waals surface area (Å²) in [6.07, 6.45) is 5.05. The highest BCUT2D eigenvalue weighted by molar-refractivity contribution is 7.92. The van der Waals surface area contributed by atoms with Crippen molar-refractivity contribution < 1.29 is 18.0 Å². The van der Waals surface area contributed by atoms with Crippen molar-refractivity contribution in [1.82, 2.24) is 10.2 Å². The van der Waals surface area contributed by atoms with Gasteiger partial charge in [-0.2, -0.15) is 0 Å². The molecule has 0 aliphatic heterocycles. The van der Waals surface area contributed by atoms with E-state index in [1.807, 2.05) is 26.0 Å². The zero-order chi connectivity index (χ0) is 30.3. The summed E-state index contributed by atoms with van der Waals surface area (Å²) >= 11 is 12.4. The van der Waals surface area contributed by atoms with E-state index in [1.165, 1.54) is 17.0 Å². The molecule has 1 aliphatic rings. The Morgan fingerprint density at radius 3 is 2.14 bits per heavy atom. The quantitative estimate of drug-likeness (QED) is 0.244. The fraction of sp³-hybridized carbons (Fsp3) is 0.375. The number of nitrogens with zero attached hydrogens (tertiary/aromatic N) is 2. The molecule has 1 saturated carbocycles. The Morgan fingerprint density at radius 1 is 0.905 bits per heavy atom. The fourth-order valence-corrected chi connectivity index (χ4v) is 7.02. The zero-order valence-electron chi connectivity index (χ0n) is 23.9. The predicted molar refractivity (Wildman–Crippen MR) is 168 cm³/mol. The van der Waals surface area contributed by atoms with Gasteiger partial charge in [-0.25, -0.2) is 8.42 Å². The minimum Gasteiger partial charge on any atom is -0.352 e. The summed E-state index contributed by atoms with van der Waals surface area (Å²) in [5.41, 5.74) is 2.08. The van der Waals surface area contributed by atoms with Crippen LogP contribution in [-0.2, 0) is 32.6 Å². The summed E-state index contributed by atoms with van der Waals surface area (Å²) in [7, 11) is -4.11. The summed E-state index contributed by atoms with van der Waals surface area (Å²) in [4.78, 5) is 29.3. The van der Waals surface area contributed by atoms with Crippen LogP contribution in [0.3, 0.4) is 0 Å². The maximum atomic E-state index is 14.2. The van der Waals surface area contributed by atoms with E-state index in [-0.39, 0.29) is 23.4 Å². The minimum absolute atomic E-state index is 0.0559. The molecular formula is C32H37Cl2N3O4S. The number of nitrogens with one attached hydrogen (secondary N) is 1. The van der Waals surface area contributed by atoms with Gasteiger partial charge in [-0.15, -0.1) is 0 Å². The van der Waals surface area contributed by atoms with E-state index in [0.717, 1.165) is 42.0 Å². The lowest BCUT2D eigenvalue weighted by Crippen LogP contribution is -2.53. The number of benzene rings is 3. The van der Waals surface area contributed by atoms with E-state index in [2.05, 4.69) is 5.32 Å². The van der Waals surface area contributed by atoms with E-state index < -0.39 is 28.5 Å². The average molecular weight is 631 g/mol. The van der Waals surface area contributed by atoms with Crippen LogP contribution in [0.5, 0.6) is 0 Å². The minimum atomic E-state index is -4.11. The Balaban J connectivity index is 1.72. The number of carbonyl (C=O) groups is 2. The van der Waals surface area contributed by atoms with Gasteiger partial charge in [-0.05, 0) is 73.2 Å². The summed E-state index contributed by atoms with van der Waals surface area (Å²) in [5, 5.41) is 3.82. The molecule has 0 saturated heterocycles. The van der Waals surface area contributed by atoms with Gasteiger partial charge in [0.25, 0.3) is 10.0 Å². The number of aryl methyl sites for hydroxylation is 1. The number of amides is 2. The SMILES string of the molecule is CCc1ccc(N(CC(=O)N(Cc2ccc(Cl)c(Cl)c2)[C@@H](CC)C(=O)NC2CCCC2)S(=O)(=O)c2ccccc2)cc1. The van der Waals surface area contributed by atoms with Crippen LogP contribution in [0.4, 0.5) is 5.69 Å². The lowest BCUT2D eigenvalue weighted by Gasteiger charge is -2.34. The van der Waals surface area contributed by atoms with Crippen molar-refractivity contribution in [3.63, 3.8) is 0 Å². The monoisotopic (exact) mass is 629 g/mol. The number of carbonyl (C=O) groups excluding carboxylic acids is 2.